The lowest BCUT2D eigenvalue weighted by molar-refractivity contribution is 0.477. The van der Waals surface area contributed by atoms with Gasteiger partial charge in [-0.25, -0.2) is 4.79 Å². The van der Waals surface area contributed by atoms with E-state index in [9.17, 15) is 9.90 Å². The van der Waals surface area contributed by atoms with Crippen molar-refractivity contribution in [2.75, 3.05) is 0 Å². The van der Waals surface area contributed by atoms with Crippen molar-refractivity contribution in [2.45, 2.75) is 13.8 Å². The normalized spacial score (nSPS) is 11.4. The van der Waals surface area contributed by atoms with E-state index in [4.69, 9.17) is 8.83 Å². The van der Waals surface area contributed by atoms with Crippen molar-refractivity contribution in [1.29, 1.82) is 0 Å². The van der Waals surface area contributed by atoms with Crippen LogP contribution in [-0.4, -0.2) is 5.11 Å². The Morgan fingerprint density at radius 1 is 0.862 bits per heavy atom. The van der Waals surface area contributed by atoms with Crippen LogP contribution in [0.25, 0.3) is 44.2 Å². The number of hydrogen-bond acceptors (Lipinski definition) is 4. The molecule has 3 aromatic carbocycles. The summed E-state index contributed by atoms with van der Waals surface area (Å²) in [6.07, 6.45) is 1.39. The topological polar surface area (TPSA) is 63.6 Å². The molecule has 142 valence electrons. The third-order valence-electron chi connectivity index (χ3n) is 5.44. The van der Waals surface area contributed by atoms with Gasteiger partial charge in [0.05, 0.1) is 6.26 Å². The molecule has 0 aliphatic heterocycles. The van der Waals surface area contributed by atoms with E-state index in [2.05, 4.69) is 0 Å². The number of aromatic hydroxyl groups is 1. The Balaban J connectivity index is 1.95. The molecule has 29 heavy (non-hydrogen) atoms. The largest absolute Gasteiger partial charge is 0.507 e. The summed E-state index contributed by atoms with van der Waals surface area (Å²) in [6.45, 7) is 3.59. The molecule has 0 radical (unpaired) electrons. The minimum Gasteiger partial charge on any atom is -0.507 e. The molecule has 0 aliphatic carbocycles. The van der Waals surface area contributed by atoms with Gasteiger partial charge in [0.15, 0.2) is 0 Å². The van der Waals surface area contributed by atoms with E-state index >= 15 is 0 Å². The highest BCUT2D eigenvalue weighted by Gasteiger charge is 2.20. The van der Waals surface area contributed by atoms with Gasteiger partial charge in [0.1, 0.15) is 17.1 Å². The highest BCUT2D eigenvalue weighted by molar-refractivity contribution is 6.08. The van der Waals surface area contributed by atoms with Crippen LogP contribution in [0.5, 0.6) is 5.75 Å². The molecule has 1 N–H and O–H groups in total. The fourth-order valence-corrected chi connectivity index (χ4v) is 3.86. The first-order valence-corrected chi connectivity index (χ1v) is 9.37. The van der Waals surface area contributed by atoms with Crippen LogP contribution >= 0.6 is 0 Å². The minimum atomic E-state index is -0.401. The van der Waals surface area contributed by atoms with E-state index in [0.717, 1.165) is 33.0 Å². The molecule has 0 fully saturated rings. The maximum atomic E-state index is 12.2. The van der Waals surface area contributed by atoms with E-state index in [0.29, 0.717) is 22.3 Å². The molecular weight excluding hydrogens is 364 g/mol. The molecule has 5 aromatic rings. The molecule has 0 atom stereocenters. The first-order valence-electron chi connectivity index (χ1n) is 9.37. The number of phenols is 1. The summed E-state index contributed by atoms with van der Waals surface area (Å²) >= 11 is 0. The Bertz CT molecular complexity index is 1420. The Morgan fingerprint density at radius 2 is 1.66 bits per heavy atom. The monoisotopic (exact) mass is 382 g/mol. The maximum Gasteiger partial charge on any atom is 0.339 e. The Kier molecular flexibility index (Phi) is 3.81. The molecular formula is C25H18O4. The van der Waals surface area contributed by atoms with E-state index in [1.165, 1.54) is 6.26 Å². The Hall–Kier alpha value is -3.79. The van der Waals surface area contributed by atoms with Crippen molar-refractivity contribution >= 4 is 21.7 Å². The van der Waals surface area contributed by atoms with Crippen molar-refractivity contribution in [3.8, 4) is 28.2 Å². The molecule has 4 nitrogen and oxygen atoms in total. The standard InChI is InChI=1S/C25H18O4/c1-14-7-8-16-9-10-19(21-13-17-5-3-4-6-20(17)29-21)23(22(16)24(14)26)18-11-12-28-25(27)15(18)2/h3-13,26H,1-2H3. The van der Waals surface area contributed by atoms with Crippen LogP contribution in [0.4, 0.5) is 0 Å². The lowest BCUT2D eigenvalue weighted by Gasteiger charge is -2.15. The van der Waals surface area contributed by atoms with E-state index in [1.54, 1.807) is 13.0 Å². The summed E-state index contributed by atoms with van der Waals surface area (Å²) in [6, 6.07) is 19.3. The summed E-state index contributed by atoms with van der Waals surface area (Å²) in [4.78, 5) is 12.2. The summed E-state index contributed by atoms with van der Waals surface area (Å²) in [5, 5.41) is 13.5. The lowest BCUT2D eigenvalue weighted by Crippen LogP contribution is -2.04. The van der Waals surface area contributed by atoms with Gasteiger partial charge in [-0.1, -0.05) is 36.4 Å². The number of phenolic OH excluding ortho intramolecular Hbond substituents is 1. The zero-order valence-corrected chi connectivity index (χ0v) is 16.0. The fourth-order valence-electron chi connectivity index (χ4n) is 3.86. The Morgan fingerprint density at radius 3 is 2.48 bits per heavy atom. The smallest absolute Gasteiger partial charge is 0.339 e. The van der Waals surface area contributed by atoms with Crippen LogP contribution in [0, 0.1) is 13.8 Å². The zero-order valence-electron chi connectivity index (χ0n) is 16.0. The van der Waals surface area contributed by atoms with Crippen LogP contribution in [0.3, 0.4) is 0 Å². The highest BCUT2D eigenvalue weighted by atomic mass is 16.4. The Labute approximate surface area is 166 Å². The first-order chi connectivity index (χ1) is 14.0. The number of para-hydroxylation sites is 1. The van der Waals surface area contributed by atoms with Crippen LogP contribution in [0.15, 0.2) is 80.6 Å². The summed E-state index contributed by atoms with van der Waals surface area (Å²) in [7, 11) is 0. The number of fused-ring (bicyclic) bond motifs is 2. The third kappa shape index (κ3) is 2.64. The molecule has 0 spiro atoms. The maximum absolute atomic E-state index is 12.2. The zero-order chi connectivity index (χ0) is 20.1. The average molecular weight is 382 g/mol. The summed E-state index contributed by atoms with van der Waals surface area (Å²) in [5.74, 6) is 0.875. The van der Waals surface area contributed by atoms with Gasteiger partial charge in [0, 0.05) is 27.5 Å². The number of rotatable bonds is 2. The quantitative estimate of drug-likeness (QED) is 0.395. The molecule has 2 heterocycles. The molecule has 0 amide bonds. The van der Waals surface area contributed by atoms with Crippen molar-refractivity contribution in [3.63, 3.8) is 0 Å². The third-order valence-corrected chi connectivity index (χ3v) is 5.44. The predicted molar refractivity (Wildman–Crippen MR) is 114 cm³/mol. The van der Waals surface area contributed by atoms with Gasteiger partial charge in [-0.3, -0.25) is 0 Å². The van der Waals surface area contributed by atoms with Gasteiger partial charge in [-0.15, -0.1) is 0 Å². The predicted octanol–water partition coefficient (Wildman–Crippen LogP) is 6.20. The van der Waals surface area contributed by atoms with Crippen molar-refractivity contribution < 1.29 is 13.9 Å². The minimum absolute atomic E-state index is 0.197. The molecule has 0 unspecified atom stereocenters. The SMILES string of the molecule is Cc1ccc2ccc(-c3cc4ccccc4o3)c(-c3ccoc(=O)c3C)c2c1O. The number of benzene rings is 3. The fraction of sp³-hybridized carbons (Fsp3) is 0.0800. The molecule has 0 saturated carbocycles. The van der Waals surface area contributed by atoms with Crippen molar-refractivity contribution in [2.24, 2.45) is 0 Å². The second-order valence-corrected chi connectivity index (χ2v) is 7.21. The van der Waals surface area contributed by atoms with Gasteiger partial charge >= 0.3 is 5.63 Å². The van der Waals surface area contributed by atoms with Crippen LogP contribution in [-0.2, 0) is 0 Å². The van der Waals surface area contributed by atoms with Gasteiger partial charge in [0.25, 0.3) is 0 Å². The van der Waals surface area contributed by atoms with Gasteiger partial charge in [-0.2, -0.15) is 0 Å². The second kappa shape index (κ2) is 6.38. The molecule has 4 heteroatoms. The number of hydrogen-bond donors (Lipinski definition) is 1. The van der Waals surface area contributed by atoms with Crippen molar-refractivity contribution in [3.05, 3.63) is 88.5 Å². The van der Waals surface area contributed by atoms with E-state index < -0.39 is 5.63 Å². The first kappa shape index (κ1) is 17.3. The summed E-state index contributed by atoms with van der Waals surface area (Å²) < 4.78 is 11.2. The van der Waals surface area contributed by atoms with Crippen molar-refractivity contribution in [1.82, 2.24) is 0 Å². The lowest BCUT2D eigenvalue weighted by atomic mass is 9.89. The average Bonchev–Trinajstić information content (AvgIpc) is 3.16. The molecule has 0 saturated heterocycles. The number of aryl methyl sites for hydroxylation is 1. The van der Waals surface area contributed by atoms with Gasteiger partial charge < -0.3 is 13.9 Å². The van der Waals surface area contributed by atoms with E-state index in [1.807, 2.05) is 61.5 Å². The molecule has 0 aliphatic rings. The second-order valence-electron chi connectivity index (χ2n) is 7.21. The van der Waals surface area contributed by atoms with Crippen LogP contribution < -0.4 is 5.63 Å². The number of furan rings is 1. The van der Waals surface area contributed by atoms with Gasteiger partial charge in [-0.05, 0) is 54.6 Å². The molecule has 2 aromatic heterocycles. The van der Waals surface area contributed by atoms with Crippen LogP contribution in [0.1, 0.15) is 11.1 Å². The highest BCUT2D eigenvalue weighted by Crippen LogP contribution is 2.44. The summed E-state index contributed by atoms with van der Waals surface area (Å²) in [5.41, 5.74) is 3.91. The van der Waals surface area contributed by atoms with E-state index in [-0.39, 0.29) is 5.75 Å². The van der Waals surface area contributed by atoms with Gasteiger partial charge in [0.2, 0.25) is 0 Å². The molecule has 0 bridgehead atoms. The molecule has 5 rings (SSSR count). The van der Waals surface area contributed by atoms with Crippen LogP contribution in [0.2, 0.25) is 0 Å².